The Morgan fingerprint density at radius 1 is 1.10 bits per heavy atom. The van der Waals surface area contributed by atoms with Gasteiger partial charge in [-0.3, -0.25) is 9.59 Å². The van der Waals surface area contributed by atoms with Crippen molar-refractivity contribution >= 4 is 40.2 Å². The van der Waals surface area contributed by atoms with Gasteiger partial charge in [-0.05, 0) is 46.9 Å². The van der Waals surface area contributed by atoms with Crippen LogP contribution in [0.25, 0.3) is 0 Å². The van der Waals surface area contributed by atoms with Crippen LogP contribution in [0.3, 0.4) is 0 Å². The zero-order valence-corrected chi connectivity index (χ0v) is 12.5. The highest BCUT2D eigenvalue weighted by molar-refractivity contribution is 14.1. The minimum Gasteiger partial charge on any atom is -0.481 e. The van der Waals surface area contributed by atoms with Crippen LogP contribution in [0.4, 0.5) is 5.69 Å². The number of carbonyl (C=O) groups is 2. The fourth-order valence-electron chi connectivity index (χ4n) is 2.67. The van der Waals surface area contributed by atoms with Gasteiger partial charge in [-0.15, -0.1) is 0 Å². The van der Waals surface area contributed by atoms with E-state index < -0.39 is 30.0 Å². The number of benzene rings is 1. The summed E-state index contributed by atoms with van der Waals surface area (Å²) in [5.41, 5.74) is 0.659. The van der Waals surface area contributed by atoms with Gasteiger partial charge in [0, 0.05) is 9.26 Å². The molecule has 1 aromatic carbocycles. The number of nitrogens with one attached hydrogen (secondary N) is 1. The molecule has 1 fully saturated rings. The van der Waals surface area contributed by atoms with Crippen molar-refractivity contribution in [3.63, 3.8) is 0 Å². The molecular formula is C14H12INO4. The van der Waals surface area contributed by atoms with Crippen LogP contribution in [0.2, 0.25) is 0 Å². The van der Waals surface area contributed by atoms with E-state index in [4.69, 9.17) is 4.74 Å². The number of hydrogen-bond acceptors (Lipinski definition) is 3. The Labute approximate surface area is 129 Å². The second-order valence-electron chi connectivity index (χ2n) is 4.84. The lowest BCUT2D eigenvalue weighted by atomic mass is 9.82. The highest BCUT2D eigenvalue weighted by Gasteiger charge is 2.53. The SMILES string of the molecule is O=C(O)[C@@H]1[C@H](C(=O)Nc2ccc(I)cc2)[C@@H]2C=C[C@H]1O2. The summed E-state index contributed by atoms with van der Waals surface area (Å²) in [6.07, 6.45) is 2.55. The Kier molecular flexibility index (Phi) is 3.51. The van der Waals surface area contributed by atoms with Crippen LogP contribution in [-0.4, -0.2) is 29.2 Å². The molecule has 0 spiro atoms. The summed E-state index contributed by atoms with van der Waals surface area (Å²) in [7, 11) is 0. The molecule has 2 aliphatic heterocycles. The zero-order valence-electron chi connectivity index (χ0n) is 10.3. The molecule has 20 heavy (non-hydrogen) atoms. The third kappa shape index (κ3) is 2.33. The molecular weight excluding hydrogens is 373 g/mol. The molecule has 2 bridgehead atoms. The standard InChI is InChI=1S/C14H12INO4/c15-7-1-3-8(4-2-7)16-13(17)11-9-5-6-10(20-9)12(11)14(18)19/h1-6,9-12H,(H,16,17)(H,18,19)/t9-,10+,11+,12-/m0/s1. The van der Waals surface area contributed by atoms with Crippen molar-refractivity contribution in [2.75, 3.05) is 5.32 Å². The normalized spacial score (nSPS) is 30.4. The van der Waals surface area contributed by atoms with Gasteiger partial charge in [-0.2, -0.15) is 0 Å². The van der Waals surface area contributed by atoms with Crippen molar-refractivity contribution in [1.82, 2.24) is 0 Å². The van der Waals surface area contributed by atoms with Crippen LogP contribution >= 0.6 is 22.6 Å². The van der Waals surface area contributed by atoms with E-state index in [9.17, 15) is 14.7 Å². The molecule has 1 amide bonds. The van der Waals surface area contributed by atoms with E-state index in [1.807, 2.05) is 12.1 Å². The molecule has 2 heterocycles. The van der Waals surface area contributed by atoms with Crippen molar-refractivity contribution < 1.29 is 19.4 Å². The van der Waals surface area contributed by atoms with Gasteiger partial charge in [0.2, 0.25) is 5.91 Å². The summed E-state index contributed by atoms with van der Waals surface area (Å²) in [5.74, 6) is -2.80. The second-order valence-corrected chi connectivity index (χ2v) is 6.08. The number of hydrogen-bond donors (Lipinski definition) is 2. The minimum absolute atomic E-state index is 0.310. The molecule has 2 aliphatic rings. The van der Waals surface area contributed by atoms with Gasteiger partial charge in [-0.1, -0.05) is 12.2 Å². The van der Waals surface area contributed by atoms with E-state index in [1.165, 1.54) is 0 Å². The van der Waals surface area contributed by atoms with Crippen LogP contribution in [-0.2, 0) is 14.3 Å². The number of ether oxygens (including phenoxy) is 1. The average Bonchev–Trinajstić information content (AvgIpc) is 3.01. The maximum absolute atomic E-state index is 12.3. The summed E-state index contributed by atoms with van der Waals surface area (Å²) in [6.45, 7) is 0. The Morgan fingerprint density at radius 2 is 1.70 bits per heavy atom. The van der Waals surface area contributed by atoms with E-state index in [0.717, 1.165) is 3.57 Å². The Morgan fingerprint density at radius 3 is 2.30 bits per heavy atom. The Balaban J connectivity index is 1.78. The lowest BCUT2D eigenvalue weighted by Gasteiger charge is -2.20. The van der Waals surface area contributed by atoms with Gasteiger partial charge in [0.05, 0.1) is 18.1 Å². The van der Waals surface area contributed by atoms with Gasteiger partial charge in [0.1, 0.15) is 5.92 Å². The summed E-state index contributed by atoms with van der Waals surface area (Å²) >= 11 is 2.18. The van der Waals surface area contributed by atoms with Crippen molar-refractivity contribution in [3.05, 3.63) is 40.0 Å². The fourth-order valence-corrected chi connectivity index (χ4v) is 3.03. The van der Waals surface area contributed by atoms with Gasteiger partial charge in [0.15, 0.2) is 0 Å². The van der Waals surface area contributed by atoms with Crippen molar-refractivity contribution in [3.8, 4) is 0 Å². The number of aliphatic carboxylic acids is 1. The maximum atomic E-state index is 12.3. The lowest BCUT2D eigenvalue weighted by molar-refractivity contribution is -0.145. The number of fused-ring (bicyclic) bond motifs is 2. The zero-order chi connectivity index (χ0) is 14.3. The van der Waals surface area contributed by atoms with E-state index in [1.54, 1.807) is 24.3 Å². The van der Waals surface area contributed by atoms with Crippen molar-refractivity contribution in [2.24, 2.45) is 11.8 Å². The first-order chi connectivity index (χ1) is 9.56. The molecule has 6 heteroatoms. The summed E-state index contributed by atoms with van der Waals surface area (Å²) < 4.78 is 6.55. The summed E-state index contributed by atoms with van der Waals surface area (Å²) in [6, 6.07) is 7.34. The second kappa shape index (κ2) is 5.17. The molecule has 0 saturated carbocycles. The van der Waals surface area contributed by atoms with E-state index in [0.29, 0.717) is 5.69 Å². The van der Waals surface area contributed by atoms with Crippen LogP contribution < -0.4 is 5.32 Å². The number of amides is 1. The molecule has 2 N–H and O–H groups in total. The largest absolute Gasteiger partial charge is 0.481 e. The topological polar surface area (TPSA) is 75.6 Å². The van der Waals surface area contributed by atoms with E-state index in [2.05, 4.69) is 27.9 Å². The van der Waals surface area contributed by atoms with Gasteiger partial charge < -0.3 is 15.2 Å². The van der Waals surface area contributed by atoms with Gasteiger partial charge in [-0.25, -0.2) is 0 Å². The first-order valence-electron chi connectivity index (χ1n) is 6.19. The predicted molar refractivity (Wildman–Crippen MR) is 80.2 cm³/mol. The number of rotatable bonds is 3. The van der Waals surface area contributed by atoms with Crippen molar-refractivity contribution in [1.29, 1.82) is 0 Å². The van der Waals surface area contributed by atoms with Gasteiger partial charge in [0.25, 0.3) is 0 Å². The molecule has 0 radical (unpaired) electrons. The average molecular weight is 385 g/mol. The molecule has 3 rings (SSSR count). The van der Waals surface area contributed by atoms with Crippen LogP contribution in [0.5, 0.6) is 0 Å². The third-order valence-corrected chi connectivity index (χ3v) is 4.32. The third-order valence-electron chi connectivity index (χ3n) is 3.60. The van der Waals surface area contributed by atoms with E-state index in [-0.39, 0.29) is 5.91 Å². The number of anilines is 1. The fraction of sp³-hybridized carbons (Fsp3) is 0.286. The lowest BCUT2D eigenvalue weighted by Crippen LogP contribution is -2.39. The Bertz CT molecular complexity index is 583. The first kappa shape index (κ1) is 13.6. The highest BCUT2D eigenvalue weighted by atomic mass is 127. The molecule has 0 aliphatic carbocycles. The summed E-state index contributed by atoms with van der Waals surface area (Å²) in [5, 5.41) is 12.0. The summed E-state index contributed by atoms with van der Waals surface area (Å²) in [4.78, 5) is 23.6. The van der Waals surface area contributed by atoms with Crippen LogP contribution in [0.15, 0.2) is 36.4 Å². The number of carboxylic acid groups (broad SMARTS) is 1. The molecule has 0 aromatic heterocycles. The number of carboxylic acids is 1. The smallest absolute Gasteiger partial charge is 0.310 e. The highest BCUT2D eigenvalue weighted by Crippen LogP contribution is 2.39. The van der Waals surface area contributed by atoms with Gasteiger partial charge >= 0.3 is 5.97 Å². The van der Waals surface area contributed by atoms with E-state index >= 15 is 0 Å². The molecule has 1 saturated heterocycles. The first-order valence-corrected chi connectivity index (χ1v) is 7.27. The molecule has 104 valence electrons. The molecule has 0 unspecified atom stereocenters. The number of halogens is 1. The van der Waals surface area contributed by atoms with Crippen LogP contribution in [0, 0.1) is 15.4 Å². The molecule has 4 atom stereocenters. The predicted octanol–water partition coefficient (Wildman–Crippen LogP) is 1.88. The quantitative estimate of drug-likeness (QED) is 0.616. The number of carbonyl (C=O) groups excluding carboxylic acids is 1. The van der Waals surface area contributed by atoms with Crippen molar-refractivity contribution in [2.45, 2.75) is 12.2 Å². The minimum atomic E-state index is -0.996. The maximum Gasteiger partial charge on any atom is 0.310 e. The monoisotopic (exact) mass is 385 g/mol. The molecule has 1 aromatic rings. The molecule has 5 nitrogen and oxygen atoms in total. The van der Waals surface area contributed by atoms with Crippen LogP contribution in [0.1, 0.15) is 0 Å². The Hall–Kier alpha value is -1.41.